The van der Waals surface area contributed by atoms with Gasteiger partial charge in [0, 0.05) is 44.0 Å². The summed E-state index contributed by atoms with van der Waals surface area (Å²) in [6.07, 6.45) is 2.36. The highest BCUT2D eigenvalue weighted by Crippen LogP contribution is 2.27. The second-order valence-corrected chi connectivity index (χ2v) is 8.71. The van der Waals surface area contributed by atoms with Crippen LogP contribution in [0.15, 0.2) is 16.7 Å². The highest BCUT2D eigenvalue weighted by atomic mass is 79.9. The molecule has 1 aliphatic heterocycles. The van der Waals surface area contributed by atoms with E-state index in [1.165, 1.54) is 4.31 Å². The Kier molecular flexibility index (Phi) is 9.19. The zero-order chi connectivity index (χ0) is 19.7. The number of rotatable bonds is 11. The molecule has 2 heterocycles. The maximum atomic E-state index is 12.6. The molecule has 0 amide bonds. The number of ether oxygens (including phenoxy) is 3. The fraction of sp³-hybridized carbons (Fsp3) is 0.688. The molecule has 27 heavy (non-hydrogen) atoms. The van der Waals surface area contributed by atoms with Crippen molar-refractivity contribution in [3.8, 4) is 5.88 Å². The predicted molar refractivity (Wildman–Crippen MR) is 106 cm³/mol. The van der Waals surface area contributed by atoms with Crippen LogP contribution < -0.4 is 9.46 Å². The van der Waals surface area contributed by atoms with Crippen LogP contribution in [0.4, 0.5) is 5.69 Å². The number of pyridine rings is 1. The SMILES string of the molecule is COCCN(C)CCCOc1ncc(Br)cc1NS(=O)(=O)N1CCOCC1. The lowest BCUT2D eigenvalue weighted by molar-refractivity contribution is 0.0733. The van der Waals surface area contributed by atoms with Gasteiger partial charge < -0.3 is 19.1 Å². The molecule has 0 aromatic carbocycles. The summed E-state index contributed by atoms with van der Waals surface area (Å²) in [6, 6.07) is 1.64. The number of nitrogens with zero attached hydrogens (tertiary/aromatic N) is 3. The van der Waals surface area contributed by atoms with Gasteiger partial charge in [-0.2, -0.15) is 12.7 Å². The average Bonchev–Trinajstić information content (AvgIpc) is 2.65. The third-order valence-electron chi connectivity index (χ3n) is 3.97. The molecule has 154 valence electrons. The van der Waals surface area contributed by atoms with E-state index in [0.717, 1.165) is 19.5 Å². The summed E-state index contributed by atoms with van der Waals surface area (Å²) >= 11 is 3.32. The summed E-state index contributed by atoms with van der Waals surface area (Å²) in [4.78, 5) is 6.34. The third-order valence-corrected chi connectivity index (χ3v) is 5.92. The van der Waals surface area contributed by atoms with E-state index in [1.54, 1.807) is 19.4 Å². The van der Waals surface area contributed by atoms with E-state index >= 15 is 0 Å². The lowest BCUT2D eigenvalue weighted by Crippen LogP contribution is -2.43. The van der Waals surface area contributed by atoms with Gasteiger partial charge in [-0.15, -0.1) is 0 Å². The molecule has 0 atom stereocenters. The fourth-order valence-electron chi connectivity index (χ4n) is 2.47. The summed E-state index contributed by atoms with van der Waals surface area (Å²) in [6.45, 7) is 4.21. The van der Waals surface area contributed by atoms with Crippen LogP contribution in [0.3, 0.4) is 0 Å². The second kappa shape index (κ2) is 11.1. The van der Waals surface area contributed by atoms with Gasteiger partial charge in [0.15, 0.2) is 0 Å². The molecular formula is C16H27BrN4O5S. The number of anilines is 1. The van der Waals surface area contributed by atoms with Gasteiger partial charge in [0.1, 0.15) is 5.69 Å². The van der Waals surface area contributed by atoms with E-state index in [0.29, 0.717) is 49.7 Å². The van der Waals surface area contributed by atoms with Gasteiger partial charge in [-0.05, 0) is 35.5 Å². The first kappa shape index (κ1) is 22.3. The molecular weight excluding hydrogens is 440 g/mol. The van der Waals surface area contributed by atoms with E-state index in [1.807, 2.05) is 7.05 Å². The quantitative estimate of drug-likeness (QED) is 0.489. The Morgan fingerprint density at radius 2 is 2.07 bits per heavy atom. The number of methoxy groups -OCH3 is 1. The molecule has 0 spiro atoms. The molecule has 0 bridgehead atoms. The number of hydrogen-bond donors (Lipinski definition) is 1. The van der Waals surface area contributed by atoms with Crippen molar-refractivity contribution in [2.45, 2.75) is 6.42 Å². The topological polar surface area (TPSA) is 93.2 Å². The molecule has 1 aliphatic rings. The molecule has 2 rings (SSSR count). The van der Waals surface area contributed by atoms with Crippen LogP contribution in [0, 0.1) is 0 Å². The molecule has 0 radical (unpaired) electrons. The lowest BCUT2D eigenvalue weighted by atomic mass is 10.4. The van der Waals surface area contributed by atoms with Gasteiger partial charge in [0.05, 0.1) is 26.4 Å². The van der Waals surface area contributed by atoms with E-state index in [4.69, 9.17) is 14.2 Å². The van der Waals surface area contributed by atoms with Gasteiger partial charge in [-0.1, -0.05) is 0 Å². The Balaban J connectivity index is 1.93. The molecule has 1 aromatic heterocycles. The van der Waals surface area contributed by atoms with Crippen molar-refractivity contribution < 1.29 is 22.6 Å². The Labute approximate surface area is 169 Å². The van der Waals surface area contributed by atoms with Crippen LogP contribution in [-0.4, -0.2) is 89.4 Å². The third kappa shape index (κ3) is 7.51. The van der Waals surface area contributed by atoms with Crippen molar-refractivity contribution in [2.75, 3.05) is 71.5 Å². The summed E-state index contributed by atoms with van der Waals surface area (Å²) in [5.41, 5.74) is 0.309. The van der Waals surface area contributed by atoms with Crippen molar-refractivity contribution >= 4 is 31.8 Å². The minimum absolute atomic E-state index is 0.259. The van der Waals surface area contributed by atoms with E-state index in [-0.39, 0.29) is 5.88 Å². The Bertz CT molecular complexity index is 685. The number of morpholine rings is 1. The van der Waals surface area contributed by atoms with Gasteiger partial charge in [0.2, 0.25) is 5.88 Å². The first-order valence-electron chi connectivity index (χ1n) is 8.74. The van der Waals surface area contributed by atoms with Crippen molar-refractivity contribution in [1.29, 1.82) is 0 Å². The van der Waals surface area contributed by atoms with Crippen molar-refractivity contribution in [3.63, 3.8) is 0 Å². The van der Waals surface area contributed by atoms with Gasteiger partial charge in [-0.25, -0.2) is 4.98 Å². The number of likely N-dealkylation sites (N-methyl/N-ethyl adjacent to an activating group) is 1. The molecule has 0 unspecified atom stereocenters. The van der Waals surface area contributed by atoms with Crippen LogP contribution in [0.5, 0.6) is 5.88 Å². The summed E-state index contributed by atoms with van der Waals surface area (Å²) in [5.74, 6) is 0.259. The number of hydrogen-bond acceptors (Lipinski definition) is 7. The van der Waals surface area contributed by atoms with Crippen LogP contribution in [0.1, 0.15) is 6.42 Å². The zero-order valence-corrected chi connectivity index (χ0v) is 18.1. The Morgan fingerprint density at radius 1 is 1.33 bits per heavy atom. The minimum atomic E-state index is -3.69. The maximum absolute atomic E-state index is 12.6. The zero-order valence-electron chi connectivity index (χ0n) is 15.7. The molecule has 1 aromatic rings. The molecule has 11 heteroatoms. The highest BCUT2D eigenvalue weighted by molar-refractivity contribution is 9.10. The molecule has 1 saturated heterocycles. The number of nitrogens with one attached hydrogen (secondary N) is 1. The minimum Gasteiger partial charge on any atom is -0.476 e. The van der Waals surface area contributed by atoms with Gasteiger partial charge in [0.25, 0.3) is 0 Å². The summed E-state index contributed by atoms with van der Waals surface area (Å²) in [5, 5.41) is 0. The van der Waals surface area contributed by atoms with Crippen molar-refractivity contribution in [1.82, 2.24) is 14.2 Å². The predicted octanol–water partition coefficient (Wildman–Crippen LogP) is 1.18. The van der Waals surface area contributed by atoms with Gasteiger partial charge >= 0.3 is 10.2 Å². The molecule has 9 nitrogen and oxygen atoms in total. The maximum Gasteiger partial charge on any atom is 0.301 e. The van der Waals surface area contributed by atoms with Crippen LogP contribution in [0.25, 0.3) is 0 Å². The number of halogens is 1. The molecule has 1 fully saturated rings. The van der Waals surface area contributed by atoms with E-state index < -0.39 is 10.2 Å². The van der Waals surface area contributed by atoms with Crippen molar-refractivity contribution in [2.24, 2.45) is 0 Å². The Hall–Kier alpha value is -0.980. The standard InChI is InChI=1S/C16H27BrN4O5S/c1-20(5-9-24-2)4-3-8-26-16-15(12-14(17)13-18-16)19-27(22,23)21-6-10-25-11-7-21/h12-13,19H,3-11H2,1-2H3. The van der Waals surface area contributed by atoms with Crippen LogP contribution >= 0.6 is 15.9 Å². The summed E-state index contributed by atoms with van der Waals surface area (Å²) in [7, 11) is -0.000653. The van der Waals surface area contributed by atoms with E-state index in [9.17, 15) is 8.42 Å². The van der Waals surface area contributed by atoms with Crippen LogP contribution in [-0.2, 0) is 19.7 Å². The monoisotopic (exact) mass is 466 g/mol. The highest BCUT2D eigenvalue weighted by Gasteiger charge is 2.25. The van der Waals surface area contributed by atoms with Crippen LogP contribution in [0.2, 0.25) is 0 Å². The van der Waals surface area contributed by atoms with Crippen molar-refractivity contribution in [3.05, 3.63) is 16.7 Å². The molecule has 1 N–H and O–H groups in total. The van der Waals surface area contributed by atoms with Gasteiger partial charge in [-0.3, -0.25) is 4.72 Å². The normalized spacial score (nSPS) is 15.9. The molecule has 0 saturated carbocycles. The smallest absolute Gasteiger partial charge is 0.301 e. The molecule has 0 aliphatic carbocycles. The second-order valence-electron chi connectivity index (χ2n) is 6.12. The summed E-state index contributed by atoms with van der Waals surface area (Å²) < 4.78 is 45.7. The van der Waals surface area contributed by atoms with E-state index in [2.05, 4.69) is 30.5 Å². The fourth-order valence-corrected chi connectivity index (χ4v) is 3.98. The first-order valence-corrected chi connectivity index (χ1v) is 11.0. The Morgan fingerprint density at radius 3 is 2.78 bits per heavy atom. The first-order chi connectivity index (χ1) is 12.9. The largest absolute Gasteiger partial charge is 0.476 e. The average molecular weight is 467 g/mol. The lowest BCUT2D eigenvalue weighted by Gasteiger charge is -2.26. The number of aromatic nitrogens is 1.